The van der Waals surface area contributed by atoms with Gasteiger partial charge in [-0.2, -0.15) is 0 Å². The molecule has 0 saturated heterocycles. The van der Waals surface area contributed by atoms with Gasteiger partial charge >= 0.3 is 23.9 Å². The summed E-state index contributed by atoms with van der Waals surface area (Å²) in [6.45, 7) is 7.45. The van der Waals surface area contributed by atoms with E-state index in [-0.39, 0.29) is 32.0 Å². The lowest BCUT2D eigenvalue weighted by Crippen LogP contribution is -2.43. The van der Waals surface area contributed by atoms with E-state index in [1.807, 2.05) is 0 Å². The Bertz CT molecular complexity index is 434. The van der Waals surface area contributed by atoms with Gasteiger partial charge in [0.05, 0.1) is 0 Å². The number of carbonyl (C=O) groups excluding carboxylic acids is 4. The summed E-state index contributed by atoms with van der Waals surface area (Å²) < 4.78 is 19.8. The Labute approximate surface area is 134 Å². The molecule has 23 heavy (non-hydrogen) atoms. The van der Waals surface area contributed by atoms with E-state index in [2.05, 4.69) is 6.58 Å². The highest BCUT2D eigenvalue weighted by atomic mass is 16.6. The van der Waals surface area contributed by atoms with Crippen molar-refractivity contribution >= 4 is 23.9 Å². The number of esters is 4. The quantitative estimate of drug-likeness (QED) is 0.347. The van der Waals surface area contributed by atoms with E-state index >= 15 is 0 Å². The molecule has 0 rings (SSSR count). The van der Waals surface area contributed by atoms with Crippen LogP contribution < -0.4 is 0 Å². The summed E-state index contributed by atoms with van der Waals surface area (Å²) in [5.41, 5.74) is -1.03. The zero-order valence-electron chi connectivity index (χ0n) is 13.8. The van der Waals surface area contributed by atoms with Crippen LogP contribution in [0.2, 0.25) is 0 Å². The zero-order chi connectivity index (χ0) is 18.0. The molecule has 0 amide bonds. The average molecular weight is 330 g/mol. The molecule has 130 valence electrons. The molecule has 0 aromatic heterocycles. The first kappa shape index (κ1) is 20.6. The monoisotopic (exact) mass is 330 g/mol. The van der Waals surface area contributed by atoms with Gasteiger partial charge in [-0.1, -0.05) is 6.58 Å². The van der Waals surface area contributed by atoms with E-state index < -0.39 is 29.3 Å². The van der Waals surface area contributed by atoms with Crippen molar-refractivity contribution in [3.8, 4) is 0 Å². The normalized spacial score (nSPS) is 10.4. The second kappa shape index (κ2) is 9.60. The van der Waals surface area contributed by atoms with Gasteiger partial charge in [-0.15, -0.1) is 0 Å². The highest BCUT2D eigenvalue weighted by Crippen LogP contribution is 2.21. The lowest BCUT2D eigenvalue weighted by atomic mass is 9.92. The van der Waals surface area contributed by atoms with Gasteiger partial charge in [0.2, 0.25) is 0 Å². The topological polar surface area (TPSA) is 105 Å². The smallest absolute Gasteiger partial charge is 0.333 e. The molecule has 0 aliphatic rings. The molecule has 8 heteroatoms. The standard InChI is InChI=1S/C15H22O8/c1-10(2)14(19)23-9-15(6-20-11(3)16,7-21-12(4)17)8-22-13(5)18/h1,6-9H2,2-5H3. The molecule has 0 saturated carbocycles. The van der Waals surface area contributed by atoms with Crippen LogP contribution in [0.5, 0.6) is 0 Å². The summed E-state index contributed by atoms with van der Waals surface area (Å²) in [6.07, 6.45) is 0. The van der Waals surface area contributed by atoms with Crippen molar-refractivity contribution in [3.63, 3.8) is 0 Å². The minimum Gasteiger partial charge on any atom is -0.465 e. The number of hydrogen-bond acceptors (Lipinski definition) is 8. The fourth-order valence-corrected chi connectivity index (χ4v) is 1.36. The van der Waals surface area contributed by atoms with Gasteiger partial charge < -0.3 is 18.9 Å². The van der Waals surface area contributed by atoms with E-state index in [1.54, 1.807) is 0 Å². The van der Waals surface area contributed by atoms with Crippen LogP contribution in [0.25, 0.3) is 0 Å². The van der Waals surface area contributed by atoms with Gasteiger partial charge in [0.15, 0.2) is 0 Å². The molecule has 0 heterocycles. The molecule has 0 atom stereocenters. The Morgan fingerprint density at radius 3 is 1.26 bits per heavy atom. The maximum absolute atomic E-state index is 11.6. The first-order valence-corrected chi connectivity index (χ1v) is 6.81. The first-order valence-electron chi connectivity index (χ1n) is 6.81. The fourth-order valence-electron chi connectivity index (χ4n) is 1.36. The zero-order valence-corrected chi connectivity index (χ0v) is 13.8. The molecule has 0 bridgehead atoms. The lowest BCUT2D eigenvalue weighted by molar-refractivity contribution is -0.167. The lowest BCUT2D eigenvalue weighted by Gasteiger charge is -2.31. The van der Waals surface area contributed by atoms with Crippen LogP contribution in [-0.2, 0) is 38.1 Å². The molecular weight excluding hydrogens is 308 g/mol. The van der Waals surface area contributed by atoms with Crippen molar-refractivity contribution in [1.82, 2.24) is 0 Å². The average Bonchev–Trinajstić information content (AvgIpc) is 2.44. The van der Waals surface area contributed by atoms with Gasteiger partial charge in [-0.05, 0) is 6.92 Å². The Hall–Kier alpha value is -2.38. The number of hydrogen-bond donors (Lipinski definition) is 0. The molecule has 0 N–H and O–H groups in total. The summed E-state index contributed by atoms with van der Waals surface area (Å²) in [4.78, 5) is 44.7. The van der Waals surface area contributed by atoms with Crippen molar-refractivity contribution in [2.75, 3.05) is 26.4 Å². The van der Waals surface area contributed by atoms with Crippen LogP contribution in [0.15, 0.2) is 12.2 Å². The SMILES string of the molecule is C=C(C)C(=O)OCC(COC(C)=O)(COC(C)=O)COC(C)=O. The fraction of sp³-hybridized carbons (Fsp3) is 0.600. The largest absolute Gasteiger partial charge is 0.465 e. The van der Waals surface area contributed by atoms with E-state index in [1.165, 1.54) is 27.7 Å². The Kier molecular flexibility index (Phi) is 8.61. The Morgan fingerprint density at radius 1 is 0.696 bits per heavy atom. The van der Waals surface area contributed by atoms with Crippen molar-refractivity contribution in [3.05, 3.63) is 12.2 Å². The van der Waals surface area contributed by atoms with Crippen LogP contribution in [-0.4, -0.2) is 50.3 Å². The summed E-state index contributed by atoms with van der Waals surface area (Å²) in [5, 5.41) is 0. The number of carbonyl (C=O) groups is 4. The molecule has 0 spiro atoms. The molecule has 0 radical (unpaired) electrons. The maximum Gasteiger partial charge on any atom is 0.333 e. The molecule has 0 unspecified atom stereocenters. The molecular formula is C15H22O8. The van der Waals surface area contributed by atoms with Crippen molar-refractivity contribution in [1.29, 1.82) is 0 Å². The van der Waals surface area contributed by atoms with Crippen LogP contribution in [0, 0.1) is 5.41 Å². The van der Waals surface area contributed by atoms with Gasteiger partial charge in [-0.3, -0.25) is 14.4 Å². The molecule has 0 aromatic carbocycles. The maximum atomic E-state index is 11.6. The third-order valence-electron chi connectivity index (χ3n) is 2.60. The second-order valence-electron chi connectivity index (χ2n) is 5.20. The summed E-state index contributed by atoms with van der Waals surface area (Å²) >= 11 is 0. The van der Waals surface area contributed by atoms with Gasteiger partial charge in [0.25, 0.3) is 0 Å². The first-order chi connectivity index (χ1) is 10.6. The highest BCUT2D eigenvalue weighted by Gasteiger charge is 2.37. The van der Waals surface area contributed by atoms with Crippen LogP contribution in [0.4, 0.5) is 0 Å². The van der Waals surface area contributed by atoms with Gasteiger partial charge in [0.1, 0.15) is 31.8 Å². The van der Waals surface area contributed by atoms with Crippen LogP contribution >= 0.6 is 0 Å². The van der Waals surface area contributed by atoms with E-state index in [4.69, 9.17) is 18.9 Å². The van der Waals surface area contributed by atoms with Crippen molar-refractivity contribution in [2.45, 2.75) is 27.7 Å². The molecule has 0 aliphatic heterocycles. The molecule has 0 aliphatic carbocycles. The Balaban J connectivity index is 5.18. The van der Waals surface area contributed by atoms with Gasteiger partial charge in [-0.25, -0.2) is 4.79 Å². The third kappa shape index (κ3) is 9.28. The minimum absolute atomic E-state index is 0.173. The summed E-state index contributed by atoms with van der Waals surface area (Å²) in [6, 6.07) is 0. The van der Waals surface area contributed by atoms with Crippen LogP contribution in [0.3, 0.4) is 0 Å². The molecule has 0 aromatic rings. The third-order valence-corrected chi connectivity index (χ3v) is 2.60. The van der Waals surface area contributed by atoms with Crippen LogP contribution in [0.1, 0.15) is 27.7 Å². The van der Waals surface area contributed by atoms with E-state index in [0.717, 1.165) is 0 Å². The highest BCUT2D eigenvalue weighted by molar-refractivity contribution is 5.86. The summed E-state index contributed by atoms with van der Waals surface area (Å²) in [5.74, 6) is -2.40. The summed E-state index contributed by atoms with van der Waals surface area (Å²) in [7, 11) is 0. The Morgan fingerprint density at radius 2 is 1.00 bits per heavy atom. The van der Waals surface area contributed by atoms with Crippen molar-refractivity contribution in [2.24, 2.45) is 5.41 Å². The van der Waals surface area contributed by atoms with E-state index in [9.17, 15) is 19.2 Å². The minimum atomic E-state index is -1.20. The predicted molar refractivity (Wildman–Crippen MR) is 78.1 cm³/mol. The van der Waals surface area contributed by atoms with Gasteiger partial charge in [0, 0.05) is 26.3 Å². The molecule has 8 nitrogen and oxygen atoms in total. The van der Waals surface area contributed by atoms with Crippen molar-refractivity contribution < 1.29 is 38.1 Å². The molecule has 0 fully saturated rings. The number of rotatable bonds is 9. The van der Waals surface area contributed by atoms with E-state index in [0.29, 0.717) is 0 Å². The number of ether oxygens (including phenoxy) is 4. The second-order valence-corrected chi connectivity index (χ2v) is 5.20. The predicted octanol–water partition coefficient (Wildman–Crippen LogP) is 0.781.